The molecule has 0 aliphatic heterocycles. The summed E-state index contributed by atoms with van der Waals surface area (Å²) < 4.78 is 0. The van der Waals surface area contributed by atoms with Gasteiger partial charge in [-0.25, -0.2) is 4.98 Å². The van der Waals surface area contributed by atoms with Crippen LogP contribution in [0.25, 0.3) is 0 Å². The molecule has 1 rings (SSSR count). The van der Waals surface area contributed by atoms with Crippen LogP contribution in [-0.4, -0.2) is 33.5 Å². The lowest BCUT2D eigenvalue weighted by Crippen LogP contribution is -2.17. The zero-order chi connectivity index (χ0) is 12.0. The maximum absolute atomic E-state index is 11.3. The fraction of sp³-hybridized carbons (Fsp3) is 0.444. The minimum absolute atomic E-state index is 0.155. The molecule has 0 spiro atoms. The van der Waals surface area contributed by atoms with Crippen molar-refractivity contribution in [2.45, 2.75) is 6.92 Å². The Morgan fingerprint density at radius 2 is 2.44 bits per heavy atom. The molecule has 7 heteroatoms. The fourth-order valence-corrected chi connectivity index (χ4v) is 2.26. The van der Waals surface area contributed by atoms with Crippen molar-refractivity contribution in [1.82, 2.24) is 4.98 Å². The number of carbonyl (C=O) groups excluding carboxylic acids is 1. The van der Waals surface area contributed by atoms with E-state index in [-0.39, 0.29) is 11.7 Å². The van der Waals surface area contributed by atoms with Gasteiger partial charge in [-0.1, -0.05) is 6.92 Å². The molecular weight excluding hydrogens is 248 g/mol. The Balaban J connectivity index is 2.18. The van der Waals surface area contributed by atoms with Crippen LogP contribution in [0.4, 0.5) is 5.13 Å². The second-order valence-electron chi connectivity index (χ2n) is 3.14. The third-order valence-electron chi connectivity index (χ3n) is 1.70. The molecule has 2 N–H and O–H groups in total. The van der Waals surface area contributed by atoms with Gasteiger partial charge in [0.2, 0.25) is 5.91 Å². The molecule has 0 saturated heterocycles. The molecule has 0 aliphatic carbocycles. The highest BCUT2D eigenvalue weighted by molar-refractivity contribution is 8.00. The smallest absolute Gasteiger partial charge is 0.307 e. The third kappa shape index (κ3) is 4.63. The van der Waals surface area contributed by atoms with Gasteiger partial charge in [0.25, 0.3) is 0 Å². The summed E-state index contributed by atoms with van der Waals surface area (Å²) in [5.41, 5.74) is 0. The van der Waals surface area contributed by atoms with Crippen molar-refractivity contribution >= 4 is 40.1 Å². The first-order valence-corrected chi connectivity index (χ1v) is 6.63. The third-order valence-corrected chi connectivity index (χ3v) is 3.59. The van der Waals surface area contributed by atoms with Gasteiger partial charge in [0.15, 0.2) is 5.13 Å². The van der Waals surface area contributed by atoms with E-state index in [1.807, 2.05) is 0 Å². The zero-order valence-electron chi connectivity index (χ0n) is 8.67. The van der Waals surface area contributed by atoms with Crippen molar-refractivity contribution in [3.05, 3.63) is 11.6 Å². The molecular formula is C9H12N2O3S2. The molecule has 1 amide bonds. The van der Waals surface area contributed by atoms with Gasteiger partial charge in [-0.3, -0.25) is 9.59 Å². The summed E-state index contributed by atoms with van der Waals surface area (Å²) in [5, 5.41) is 13.6. The van der Waals surface area contributed by atoms with E-state index in [4.69, 9.17) is 5.11 Å². The fourth-order valence-electron chi connectivity index (χ4n) is 0.840. The second-order valence-corrected chi connectivity index (χ2v) is 5.06. The monoisotopic (exact) mass is 260 g/mol. The molecule has 0 aromatic carbocycles. The number of hydrogen-bond donors (Lipinski definition) is 2. The van der Waals surface area contributed by atoms with Crippen molar-refractivity contribution in [3.63, 3.8) is 0 Å². The molecule has 16 heavy (non-hydrogen) atoms. The number of nitrogens with one attached hydrogen (secondary N) is 1. The van der Waals surface area contributed by atoms with Crippen LogP contribution < -0.4 is 5.32 Å². The average molecular weight is 260 g/mol. The lowest BCUT2D eigenvalue weighted by Gasteiger charge is -2.05. The maximum Gasteiger partial charge on any atom is 0.307 e. The molecule has 1 atom stereocenters. The number of nitrogens with zero attached hydrogens (tertiary/aromatic N) is 1. The molecule has 5 nitrogen and oxygen atoms in total. The van der Waals surface area contributed by atoms with E-state index in [0.717, 1.165) is 0 Å². The number of amides is 1. The van der Waals surface area contributed by atoms with Crippen molar-refractivity contribution < 1.29 is 14.7 Å². The summed E-state index contributed by atoms with van der Waals surface area (Å²) in [6.45, 7) is 1.62. The zero-order valence-corrected chi connectivity index (χ0v) is 10.3. The summed E-state index contributed by atoms with van der Waals surface area (Å²) in [6, 6.07) is 0. The van der Waals surface area contributed by atoms with Crippen LogP contribution in [0.3, 0.4) is 0 Å². The molecule has 0 fully saturated rings. The summed E-state index contributed by atoms with van der Waals surface area (Å²) in [7, 11) is 0. The van der Waals surface area contributed by atoms with Crippen LogP contribution in [0.5, 0.6) is 0 Å². The Morgan fingerprint density at radius 1 is 1.69 bits per heavy atom. The topological polar surface area (TPSA) is 79.3 Å². The number of aliphatic carboxylic acids is 1. The predicted molar refractivity (Wildman–Crippen MR) is 64.9 cm³/mol. The van der Waals surface area contributed by atoms with Crippen LogP contribution >= 0.6 is 23.1 Å². The van der Waals surface area contributed by atoms with E-state index in [1.54, 1.807) is 18.5 Å². The Bertz CT molecular complexity index is 354. The minimum atomic E-state index is -0.840. The van der Waals surface area contributed by atoms with Crippen LogP contribution in [0.1, 0.15) is 6.92 Å². The van der Waals surface area contributed by atoms with E-state index >= 15 is 0 Å². The number of hydrogen-bond acceptors (Lipinski definition) is 5. The van der Waals surface area contributed by atoms with Crippen LogP contribution in [-0.2, 0) is 9.59 Å². The number of thioether (sulfide) groups is 1. The lowest BCUT2D eigenvalue weighted by molar-refractivity contribution is -0.140. The highest BCUT2D eigenvalue weighted by atomic mass is 32.2. The molecule has 0 saturated carbocycles. The summed E-state index contributed by atoms with van der Waals surface area (Å²) in [4.78, 5) is 25.8. The standard InChI is InChI=1S/C9H12N2O3S2/c1-6(8(13)14)4-15-5-7(12)11-9-10-2-3-16-9/h2-3,6H,4-5H2,1H3,(H,13,14)(H,10,11,12). The van der Waals surface area contributed by atoms with Crippen molar-refractivity contribution in [2.24, 2.45) is 5.92 Å². The van der Waals surface area contributed by atoms with E-state index in [1.165, 1.54) is 23.1 Å². The van der Waals surface area contributed by atoms with Gasteiger partial charge in [-0.15, -0.1) is 11.3 Å². The largest absolute Gasteiger partial charge is 0.481 e. The number of anilines is 1. The van der Waals surface area contributed by atoms with Gasteiger partial charge < -0.3 is 10.4 Å². The number of carbonyl (C=O) groups is 2. The van der Waals surface area contributed by atoms with Crippen LogP contribution in [0, 0.1) is 5.92 Å². The number of carboxylic acid groups (broad SMARTS) is 1. The molecule has 88 valence electrons. The highest BCUT2D eigenvalue weighted by Gasteiger charge is 2.12. The summed E-state index contributed by atoms with van der Waals surface area (Å²) >= 11 is 2.65. The van der Waals surface area contributed by atoms with E-state index in [2.05, 4.69) is 10.3 Å². The first kappa shape index (κ1) is 13.0. The SMILES string of the molecule is CC(CSCC(=O)Nc1nccs1)C(=O)O. The van der Waals surface area contributed by atoms with Crippen molar-refractivity contribution in [2.75, 3.05) is 16.8 Å². The number of aromatic nitrogens is 1. The average Bonchev–Trinajstić information content (AvgIpc) is 2.70. The first-order valence-electron chi connectivity index (χ1n) is 4.59. The molecule has 0 aliphatic rings. The van der Waals surface area contributed by atoms with Gasteiger partial charge in [-0.2, -0.15) is 11.8 Å². The Morgan fingerprint density at radius 3 is 3.00 bits per heavy atom. The molecule has 1 aromatic heterocycles. The second kappa shape index (κ2) is 6.49. The molecule has 1 aromatic rings. The number of thiazole rings is 1. The normalized spacial score (nSPS) is 12.1. The maximum atomic E-state index is 11.3. The Kier molecular flexibility index (Phi) is 5.27. The quantitative estimate of drug-likeness (QED) is 0.811. The van der Waals surface area contributed by atoms with E-state index in [0.29, 0.717) is 10.9 Å². The van der Waals surface area contributed by atoms with Gasteiger partial charge in [0.1, 0.15) is 0 Å². The van der Waals surface area contributed by atoms with Crippen molar-refractivity contribution in [3.8, 4) is 0 Å². The highest BCUT2D eigenvalue weighted by Crippen LogP contribution is 2.12. The van der Waals surface area contributed by atoms with Crippen LogP contribution in [0.15, 0.2) is 11.6 Å². The number of rotatable bonds is 6. The van der Waals surface area contributed by atoms with Crippen molar-refractivity contribution in [1.29, 1.82) is 0 Å². The molecule has 1 unspecified atom stereocenters. The first-order chi connectivity index (χ1) is 7.59. The molecule has 1 heterocycles. The minimum Gasteiger partial charge on any atom is -0.481 e. The van der Waals surface area contributed by atoms with E-state index < -0.39 is 11.9 Å². The van der Waals surface area contributed by atoms with Gasteiger partial charge in [0.05, 0.1) is 11.7 Å². The Labute approximate surface area is 101 Å². The number of carboxylic acids is 1. The predicted octanol–water partition coefficient (Wildman–Crippen LogP) is 1.54. The van der Waals surface area contributed by atoms with Gasteiger partial charge in [-0.05, 0) is 0 Å². The van der Waals surface area contributed by atoms with Gasteiger partial charge >= 0.3 is 5.97 Å². The Hall–Kier alpha value is -1.08. The lowest BCUT2D eigenvalue weighted by atomic mass is 10.2. The summed E-state index contributed by atoms with van der Waals surface area (Å²) in [5.74, 6) is -0.749. The van der Waals surface area contributed by atoms with Gasteiger partial charge in [0, 0.05) is 17.3 Å². The summed E-state index contributed by atoms with van der Waals surface area (Å²) in [6.07, 6.45) is 1.61. The molecule has 0 radical (unpaired) electrons. The van der Waals surface area contributed by atoms with E-state index in [9.17, 15) is 9.59 Å². The van der Waals surface area contributed by atoms with Crippen LogP contribution in [0.2, 0.25) is 0 Å². The molecule has 0 bridgehead atoms.